The van der Waals surface area contributed by atoms with Crippen molar-refractivity contribution in [2.75, 3.05) is 31.5 Å². The van der Waals surface area contributed by atoms with Crippen molar-refractivity contribution in [1.82, 2.24) is 14.8 Å². The average Bonchev–Trinajstić information content (AvgIpc) is 3.15. The number of carbonyl (C=O) groups excluding carboxylic acids is 3. The Morgan fingerprint density at radius 3 is 2.44 bits per heavy atom. The van der Waals surface area contributed by atoms with E-state index in [1.807, 2.05) is 4.90 Å². The molecule has 1 atom stereocenters. The number of amides is 4. The summed E-state index contributed by atoms with van der Waals surface area (Å²) in [5.74, 6) is -0.375. The molecule has 9 nitrogen and oxygen atoms in total. The highest BCUT2D eigenvalue weighted by Gasteiger charge is 2.35. The summed E-state index contributed by atoms with van der Waals surface area (Å²) in [6.07, 6.45) is 3.55. The molecule has 0 radical (unpaired) electrons. The molecule has 2 fully saturated rings. The molecule has 0 spiro atoms. The van der Waals surface area contributed by atoms with Crippen LogP contribution in [-0.2, 0) is 4.79 Å². The Bertz CT molecular complexity index is 1090. The molecule has 184 valence electrons. The zero-order chi connectivity index (χ0) is 24.6. The van der Waals surface area contributed by atoms with Crippen molar-refractivity contribution in [2.24, 2.45) is 23.0 Å². The first-order chi connectivity index (χ1) is 16.0. The van der Waals surface area contributed by atoms with Gasteiger partial charge >= 0.3 is 6.03 Å². The molecular weight excluding hydrogens is 434 g/mol. The Hall–Kier alpha value is -3.10. The van der Waals surface area contributed by atoms with Crippen LogP contribution in [0.2, 0.25) is 0 Å². The molecule has 3 N–H and O–H groups in total. The van der Waals surface area contributed by atoms with Crippen LogP contribution in [0.5, 0.6) is 0 Å². The van der Waals surface area contributed by atoms with Crippen LogP contribution in [0.4, 0.5) is 10.5 Å². The minimum atomic E-state index is -0.781. The molecule has 34 heavy (non-hydrogen) atoms. The third-order valence-corrected chi connectivity index (χ3v) is 7.24. The Morgan fingerprint density at radius 2 is 1.79 bits per heavy atom. The van der Waals surface area contributed by atoms with Crippen LogP contribution < -0.4 is 11.1 Å². The van der Waals surface area contributed by atoms with Gasteiger partial charge in [-0.25, -0.2) is 9.78 Å². The molecule has 2 aromatic heterocycles. The van der Waals surface area contributed by atoms with Gasteiger partial charge in [-0.2, -0.15) is 0 Å². The highest BCUT2D eigenvalue weighted by atomic mass is 16.4. The summed E-state index contributed by atoms with van der Waals surface area (Å²) in [6, 6.07) is 3.14. The molecule has 2 aliphatic rings. The molecule has 2 saturated heterocycles. The smallest absolute Gasteiger partial charge is 0.321 e. The van der Waals surface area contributed by atoms with Gasteiger partial charge in [0.15, 0.2) is 0 Å². The summed E-state index contributed by atoms with van der Waals surface area (Å²) < 4.78 is 5.52. The summed E-state index contributed by atoms with van der Waals surface area (Å²) in [5, 5.41) is 3.31. The highest BCUT2D eigenvalue weighted by Crippen LogP contribution is 2.35. The lowest BCUT2D eigenvalue weighted by molar-refractivity contribution is -0.138. The SMILES string of the molecule is Cc1ccc2c(NC(=O)N3CCCC(C(=O)N4CCC(C(C)(C)C)CC4)C3)c(C(N)=O)oc2n1. The largest absolute Gasteiger partial charge is 0.430 e. The number of primary amides is 1. The number of aryl methyl sites for hydroxylation is 1. The normalized spacial score (nSPS) is 19.9. The number of hydrogen-bond acceptors (Lipinski definition) is 5. The Kier molecular flexibility index (Phi) is 6.55. The summed E-state index contributed by atoms with van der Waals surface area (Å²) in [7, 11) is 0. The monoisotopic (exact) mass is 469 g/mol. The minimum absolute atomic E-state index is 0.132. The number of pyridine rings is 1. The van der Waals surface area contributed by atoms with Gasteiger partial charge in [0.25, 0.3) is 5.91 Å². The van der Waals surface area contributed by atoms with Crippen molar-refractivity contribution in [3.8, 4) is 0 Å². The predicted octanol–water partition coefficient (Wildman–Crippen LogP) is 3.76. The molecule has 9 heteroatoms. The van der Waals surface area contributed by atoms with E-state index in [9.17, 15) is 14.4 Å². The molecule has 4 amide bonds. The summed E-state index contributed by atoms with van der Waals surface area (Å²) in [6.45, 7) is 11.0. The van der Waals surface area contributed by atoms with E-state index in [0.717, 1.165) is 44.5 Å². The van der Waals surface area contributed by atoms with E-state index in [-0.39, 0.29) is 40.4 Å². The van der Waals surface area contributed by atoms with Crippen LogP contribution in [0.25, 0.3) is 11.1 Å². The van der Waals surface area contributed by atoms with Crippen molar-refractivity contribution < 1.29 is 18.8 Å². The van der Waals surface area contributed by atoms with E-state index in [0.29, 0.717) is 24.4 Å². The van der Waals surface area contributed by atoms with Crippen LogP contribution in [-0.4, -0.2) is 58.8 Å². The number of urea groups is 1. The number of fused-ring (bicyclic) bond motifs is 1. The maximum absolute atomic E-state index is 13.2. The maximum Gasteiger partial charge on any atom is 0.321 e. The molecule has 2 aromatic rings. The van der Waals surface area contributed by atoms with Gasteiger partial charge in [0.05, 0.1) is 11.3 Å². The first-order valence-electron chi connectivity index (χ1n) is 12.1. The second-order valence-electron chi connectivity index (χ2n) is 10.7. The molecule has 0 aromatic carbocycles. The van der Waals surface area contributed by atoms with Gasteiger partial charge in [-0.3, -0.25) is 9.59 Å². The standard InChI is InChI=1S/C25H35N5O4/c1-15-7-8-18-19(20(21(26)31)34-22(18)27-15)28-24(33)30-11-5-6-16(14-30)23(32)29-12-9-17(10-13-29)25(2,3)4/h7-8,16-17H,5-6,9-14H2,1-4H3,(H2,26,31)(H,28,33). The van der Waals surface area contributed by atoms with Gasteiger partial charge in [-0.15, -0.1) is 0 Å². The fraction of sp³-hybridized carbons (Fsp3) is 0.600. The molecule has 0 bridgehead atoms. The molecule has 0 saturated carbocycles. The Balaban J connectivity index is 1.43. The second kappa shape index (κ2) is 9.27. The van der Waals surface area contributed by atoms with Gasteiger partial charge in [-0.05, 0) is 56.1 Å². The van der Waals surface area contributed by atoms with E-state index in [4.69, 9.17) is 10.2 Å². The third kappa shape index (κ3) is 4.88. The van der Waals surface area contributed by atoms with Crippen molar-refractivity contribution in [3.63, 3.8) is 0 Å². The average molecular weight is 470 g/mol. The number of carbonyl (C=O) groups is 3. The first kappa shape index (κ1) is 24.0. The Morgan fingerprint density at radius 1 is 1.09 bits per heavy atom. The fourth-order valence-electron chi connectivity index (χ4n) is 5.14. The second-order valence-corrected chi connectivity index (χ2v) is 10.7. The number of nitrogens with two attached hydrogens (primary N) is 1. The number of rotatable bonds is 3. The number of nitrogens with zero attached hydrogens (tertiary/aromatic N) is 3. The van der Waals surface area contributed by atoms with Gasteiger partial charge in [0, 0.05) is 31.9 Å². The fourth-order valence-corrected chi connectivity index (χ4v) is 5.14. The number of aromatic nitrogens is 1. The highest BCUT2D eigenvalue weighted by molar-refractivity contribution is 6.09. The number of anilines is 1. The van der Waals surface area contributed by atoms with Crippen LogP contribution in [0, 0.1) is 24.2 Å². The maximum atomic E-state index is 13.2. The number of likely N-dealkylation sites (tertiary alicyclic amines) is 2. The zero-order valence-corrected chi connectivity index (χ0v) is 20.5. The van der Waals surface area contributed by atoms with Gasteiger partial charge in [0.2, 0.25) is 17.4 Å². The summed E-state index contributed by atoms with van der Waals surface area (Å²) >= 11 is 0. The van der Waals surface area contributed by atoms with Gasteiger partial charge in [0.1, 0.15) is 5.69 Å². The summed E-state index contributed by atoms with van der Waals surface area (Å²) in [4.78, 5) is 46.2. The minimum Gasteiger partial charge on any atom is -0.430 e. The van der Waals surface area contributed by atoms with Crippen molar-refractivity contribution in [3.05, 3.63) is 23.6 Å². The van der Waals surface area contributed by atoms with E-state index in [1.54, 1.807) is 24.0 Å². The lowest BCUT2D eigenvalue weighted by Gasteiger charge is -2.41. The van der Waals surface area contributed by atoms with Crippen molar-refractivity contribution in [2.45, 2.75) is 53.4 Å². The van der Waals surface area contributed by atoms with E-state index in [2.05, 4.69) is 31.1 Å². The third-order valence-electron chi connectivity index (χ3n) is 7.24. The van der Waals surface area contributed by atoms with Crippen LogP contribution in [0.15, 0.2) is 16.5 Å². The van der Waals surface area contributed by atoms with E-state index < -0.39 is 5.91 Å². The molecule has 4 rings (SSSR count). The molecular formula is C25H35N5O4. The number of furan rings is 1. The van der Waals surface area contributed by atoms with Crippen molar-refractivity contribution >= 4 is 34.6 Å². The number of hydrogen-bond donors (Lipinski definition) is 2. The summed E-state index contributed by atoms with van der Waals surface area (Å²) in [5.41, 5.74) is 6.92. The van der Waals surface area contributed by atoms with Crippen LogP contribution >= 0.6 is 0 Å². The predicted molar refractivity (Wildman–Crippen MR) is 129 cm³/mol. The van der Waals surface area contributed by atoms with E-state index in [1.165, 1.54) is 0 Å². The quantitative estimate of drug-likeness (QED) is 0.709. The van der Waals surface area contributed by atoms with E-state index >= 15 is 0 Å². The van der Waals surface area contributed by atoms with Crippen LogP contribution in [0.3, 0.4) is 0 Å². The van der Waals surface area contributed by atoms with Gasteiger partial charge in [-0.1, -0.05) is 20.8 Å². The number of nitrogens with one attached hydrogen (secondary N) is 1. The molecule has 4 heterocycles. The van der Waals surface area contributed by atoms with Crippen LogP contribution in [0.1, 0.15) is 62.7 Å². The molecule has 0 aliphatic carbocycles. The lowest BCUT2D eigenvalue weighted by Crippen LogP contribution is -2.50. The number of piperidine rings is 2. The van der Waals surface area contributed by atoms with Crippen molar-refractivity contribution in [1.29, 1.82) is 0 Å². The first-order valence-corrected chi connectivity index (χ1v) is 12.1. The molecule has 1 unspecified atom stereocenters. The Labute approximate surface area is 200 Å². The zero-order valence-electron chi connectivity index (χ0n) is 20.5. The molecule has 2 aliphatic heterocycles. The lowest BCUT2D eigenvalue weighted by atomic mass is 9.75. The van der Waals surface area contributed by atoms with Gasteiger partial charge < -0.3 is 25.3 Å². The topological polar surface area (TPSA) is 122 Å².